The Bertz CT molecular complexity index is 1070. The molecule has 1 N–H and O–H groups in total. The molecule has 30 heavy (non-hydrogen) atoms. The average molecular weight is 429 g/mol. The van der Waals surface area contributed by atoms with Crippen LogP contribution in [0.4, 0.5) is 17.1 Å². The number of amides is 3. The summed E-state index contributed by atoms with van der Waals surface area (Å²) in [7, 11) is 0. The molecule has 0 saturated carbocycles. The maximum Gasteiger partial charge on any atom is 0.269 e. The Kier molecular flexibility index (Phi) is 4.88. The molecule has 3 amide bonds. The number of hydrogen-bond acceptors (Lipinski definition) is 8. The van der Waals surface area contributed by atoms with Crippen LogP contribution in [0.1, 0.15) is 0 Å². The second kappa shape index (κ2) is 7.52. The number of carbonyl (C=O) groups excluding carboxylic acids is 3. The smallest absolute Gasteiger partial charge is 0.269 e. The first-order valence-electron chi connectivity index (χ1n) is 8.70. The largest absolute Gasteiger partial charge is 0.324 e. The lowest BCUT2D eigenvalue weighted by molar-refractivity contribution is -0.384. The zero-order valence-corrected chi connectivity index (χ0v) is 15.9. The van der Waals surface area contributed by atoms with E-state index in [9.17, 15) is 24.5 Å². The number of benzene rings is 2. The minimum absolute atomic E-state index is 0.168. The van der Waals surface area contributed by atoms with Crippen LogP contribution in [-0.4, -0.2) is 46.3 Å². The number of hydrogen-bond donors (Lipinski definition) is 1. The highest BCUT2D eigenvalue weighted by atomic mass is 35.5. The first-order valence-corrected chi connectivity index (χ1v) is 9.08. The fourth-order valence-electron chi connectivity index (χ4n) is 3.21. The van der Waals surface area contributed by atoms with Crippen molar-refractivity contribution < 1.29 is 19.3 Å². The van der Waals surface area contributed by atoms with Crippen molar-refractivity contribution in [2.75, 3.05) is 16.8 Å². The molecule has 1 saturated heterocycles. The van der Waals surface area contributed by atoms with E-state index in [1.165, 1.54) is 24.3 Å². The van der Waals surface area contributed by atoms with E-state index < -0.39 is 34.7 Å². The van der Waals surface area contributed by atoms with E-state index >= 15 is 0 Å². The summed E-state index contributed by atoms with van der Waals surface area (Å²) in [6, 6.07) is 9.36. The molecule has 11 nitrogen and oxygen atoms in total. The maximum absolute atomic E-state index is 12.9. The van der Waals surface area contributed by atoms with Crippen molar-refractivity contribution in [3.05, 3.63) is 63.7 Å². The number of carbonyl (C=O) groups is 3. The fraction of sp³-hybridized carbons (Fsp3) is 0.167. The molecule has 2 aromatic carbocycles. The number of imide groups is 1. The molecule has 2 aliphatic rings. The van der Waals surface area contributed by atoms with Gasteiger partial charge in [0.15, 0.2) is 12.1 Å². The van der Waals surface area contributed by atoms with Gasteiger partial charge in [0.2, 0.25) is 5.91 Å². The molecule has 12 heteroatoms. The van der Waals surface area contributed by atoms with Crippen LogP contribution in [0, 0.1) is 10.1 Å². The number of non-ortho nitro benzene ring substituents is 1. The van der Waals surface area contributed by atoms with Crippen LogP contribution in [0.5, 0.6) is 0 Å². The second-order valence-electron chi connectivity index (χ2n) is 6.53. The third kappa shape index (κ3) is 3.46. The maximum atomic E-state index is 12.9. The Labute approximate surface area is 174 Å². The molecule has 2 heterocycles. The Hall–Kier alpha value is -3.86. The van der Waals surface area contributed by atoms with Gasteiger partial charge >= 0.3 is 0 Å². The van der Waals surface area contributed by atoms with E-state index in [0.717, 1.165) is 9.91 Å². The number of nitrogens with zero attached hydrogens (tertiary/aromatic N) is 5. The number of nitro benzene ring substituents is 1. The lowest BCUT2D eigenvalue weighted by Crippen LogP contribution is -2.43. The van der Waals surface area contributed by atoms with Crippen LogP contribution >= 0.6 is 11.6 Å². The van der Waals surface area contributed by atoms with Gasteiger partial charge in [-0.1, -0.05) is 16.8 Å². The first-order chi connectivity index (χ1) is 14.3. The molecule has 0 aromatic heterocycles. The molecule has 0 spiro atoms. The van der Waals surface area contributed by atoms with Crippen LogP contribution in [-0.2, 0) is 14.4 Å². The van der Waals surface area contributed by atoms with Crippen LogP contribution in [0.3, 0.4) is 0 Å². The van der Waals surface area contributed by atoms with Crippen LogP contribution < -0.4 is 10.2 Å². The summed E-state index contributed by atoms with van der Waals surface area (Å²) in [5.74, 6) is -1.67. The van der Waals surface area contributed by atoms with Crippen molar-refractivity contribution in [1.82, 2.24) is 5.01 Å². The Morgan fingerprint density at radius 1 is 1.10 bits per heavy atom. The zero-order chi connectivity index (χ0) is 21.4. The molecule has 0 radical (unpaired) electrons. The summed E-state index contributed by atoms with van der Waals surface area (Å²) >= 11 is 5.81. The van der Waals surface area contributed by atoms with E-state index in [2.05, 4.69) is 15.7 Å². The van der Waals surface area contributed by atoms with Gasteiger partial charge in [-0.05, 0) is 36.4 Å². The predicted molar refractivity (Wildman–Crippen MR) is 105 cm³/mol. The van der Waals surface area contributed by atoms with Crippen LogP contribution in [0.25, 0.3) is 0 Å². The van der Waals surface area contributed by atoms with E-state index in [1.807, 2.05) is 0 Å². The predicted octanol–water partition coefficient (Wildman–Crippen LogP) is 2.18. The summed E-state index contributed by atoms with van der Waals surface area (Å²) < 4.78 is 0. The molecule has 1 fully saturated rings. The molecule has 2 atom stereocenters. The number of nitro groups is 1. The van der Waals surface area contributed by atoms with E-state index in [1.54, 1.807) is 24.3 Å². The van der Waals surface area contributed by atoms with Crippen molar-refractivity contribution in [3.8, 4) is 0 Å². The van der Waals surface area contributed by atoms with Crippen molar-refractivity contribution in [2.45, 2.75) is 12.1 Å². The van der Waals surface area contributed by atoms with Gasteiger partial charge in [-0.15, -0.1) is 0 Å². The number of rotatable bonds is 5. The molecular weight excluding hydrogens is 416 g/mol. The molecule has 0 bridgehead atoms. The third-order valence-electron chi connectivity index (χ3n) is 4.61. The number of anilines is 2. The van der Waals surface area contributed by atoms with Gasteiger partial charge < -0.3 is 5.32 Å². The van der Waals surface area contributed by atoms with E-state index in [4.69, 9.17) is 11.6 Å². The minimum Gasteiger partial charge on any atom is -0.324 e. The number of fused-ring (bicyclic) bond motifs is 1. The van der Waals surface area contributed by atoms with Gasteiger partial charge in [0.25, 0.3) is 17.5 Å². The summed E-state index contributed by atoms with van der Waals surface area (Å²) in [4.78, 5) is 49.0. The molecule has 4 rings (SSSR count). The highest BCUT2D eigenvalue weighted by molar-refractivity contribution is 6.30. The second-order valence-corrected chi connectivity index (χ2v) is 6.97. The van der Waals surface area contributed by atoms with Gasteiger partial charge in [0.1, 0.15) is 6.54 Å². The zero-order valence-electron chi connectivity index (χ0n) is 15.1. The number of halogens is 1. The molecular formula is C18H13ClN6O5. The Balaban J connectivity index is 1.48. The van der Waals surface area contributed by atoms with Crippen LogP contribution in [0.2, 0.25) is 5.02 Å². The third-order valence-corrected chi connectivity index (χ3v) is 4.86. The molecule has 152 valence electrons. The summed E-state index contributed by atoms with van der Waals surface area (Å²) in [6.07, 6.45) is 0. The van der Waals surface area contributed by atoms with Gasteiger partial charge in [-0.2, -0.15) is 5.11 Å². The number of nitrogens with one attached hydrogen (secondary N) is 1. The average Bonchev–Trinajstić information content (AvgIpc) is 3.23. The van der Waals surface area contributed by atoms with Gasteiger partial charge in [0, 0.05) is 22.8 Å². The van der Waals surface area contributed by atoms with Crippen molar-refractivity contribution in [3.63, 3.8) is 0 Å². The highest BCUT2D eigenvalue weighted by Gasteiger charge is 2.55. The highest BCUT2D eigenvalue weighted by Crippen LogP contribution is 2.32. The lowest BCUT2D eigenvalue weighted by Gasteiger charge is -2.20. The molecule has 0 unspecified atom stereocenters. The van der Waals surface area contributed by atoms with Crippen LogP contribution in [0.15, 0.2) is 58.9 Å². The van der Waals surface area contributed by atoms with Gasteiger partial charge in [0.05, 0.1) is 10.6 Å². The van der Waals surface area contributed by atoms with Crippen molar-refractivity contribution in [2.24, 2.45) is 10.3 Å². The normalized spacial score (nSPS) is 19.9. The Morgan fingerprint density at radius 2 is 1.77 bits per heavy atom. The summed E-state index contributed by atoms with van der Waals surface area (Å²) in [5.41, 5.74) is 0.530. The van der Waals surface area contributed by atoms with Crippen molar-refractivity contribution >= 4 is 46.4 Å². The van der Waals surface area contributed by atoms with Crippen molar-refractivity contribution in [1.29, 1.82) is 0 Å². The first kappa shape index (κ1) is 19.5. The molecule has 2 aromatic rings. The summed E-state index contributed by atoms with van der Waals surface area (Å²) in [6.45, 7) is -0.291. The van der Waals surface area contributed by atoms with E-state index in [-0.39, 0.29) is 17.9 Å². The molecule has 2 aliphatic heterocycles. The fourth-order valence-corrected chi connectivity index (χ4v) is 3.34. The SMILES string of the molecule is O=C(CN1N=N[C@H]2C(=O)N(c3ccc([N+](=O)[O-])cc3)C(=O)[C@H]21)Nc1ccc(Cl)cc1. The van der Waals surface area contributed by atoms with E-state index in [0.29, 0.717) is 10.7 Å². The lowest BCUT2D eigenvalue weighted by atomic mass is 10.1. The monoisotopic (exact) mass is 428 g/mol. The minimum atomic E-state index is -1.07. The topological polar surface area (TPSA) is 138 Å². The quantitative estimate of drug-likeness (QED) is 0.440. The molecule has 0 aliphatic carbocycles. The van der Waals surface area contributed by atoms with Gasteiger partial charge in [-0.25, -0.2) is 4.90 Å². The van der Waals surface area contributed by atoms with Gasteiger partial charge in [-0.3, -0.25) is 29.5 Å². The Morgan fingerprint density at radius 3 is 2.40 bits per heavy atom. The summed E-state index contributed by atoms with van der Waals surface area (Å²) in [5, 5.41) is 22.8. The standard InChI is InChI=1S/C18H13ClN6O5/c19-10-1-3-11(4-2-10)20-14(26)9-23-16-15(21-22-23)17(27)24(18(16)28)12-5-7-13(8-6-12)25(29)30/h1-8,15-16H,9H2,(H,20,26)/t15-,16+/m1/s1.